The van der Waals surface area contributed by atoms with Crippen LogP contribution >= 0.6 is 11.3 Å². The molecule has 0 saturated carbocycles. The number of nitrogens with zero attached hydrogens (tertiary/aromatic N) is 2. The Labute approximate surface area is 86.4 Å². The fourth-order valence-corrected chi connectivity index (χ4v) is 1.87. The third-order valence-corrected chi connectivity index (χ3v) is 2.78. The molecule has 14 heavy (non-hydrogen) atoms. The maximum atomic E-state index is 4.98. The third kappa shape index (κ3) is 1.75. The molecule has 2 aromatic rings. The minimum Gasteiger partial charge on any atom is -0.481 e. The molecule has 2 aromatic heterocycles. The van der Waals surface area contributed by atoms with Crippen molar-refractivity contribution in [2.45, 2.75) is 6.92 Å². The Morgan fingerprint density at radius 2 is 2.07 bits per heavy atom. The van der Waals surface area contributed by atoms with Crippen molar-refractivity contribution in [3.63, 3.8) is 0 Å². The molecule has 0 radical (unpaired) electrons. The average Bonchev–Trinajstić information content (AvgIpc) is 2.65. The zero-order valence-electron chi connectivity index (χ0n) is 8.02. The van der Waals surface area contributed by atoms with Crippen LogP contribution in [-0.2, 0) is 0 Å². The van der Waals surface area contributed by atoms with Crippen LogP contribution in [0.3, 0.4) is 0 Å². The molecule has 2 rings (SSSR count). The number of hydrogen-bond donors (Lipinski definition) is 0. The quantitative estimate of drug-likeness (QED) is 0.757. The number of thiazole rings is 1. The van der Waals surface area contributed by atoms with Crippen molar-refractivity contribution in [3.05, 3.63) is 29.4 Å². The van der Waals surface area contributed by atoms with Gasteiger partial charge in [0.05, 0.1) is 7.11 Å². The van der Waals surface area contributed by atoms with E-state index in [1.165, 1.54) is 4.88 Å². The molecule has 0 N–H and O–H groups in total. The maximum Gasteiger partial charge on any atom is 0.212 e. The van der Waals surface area contributed by atoms with Gasteiger partial charge in [0.1, 0.15) is 5.01 Å². The predicted molar refractivity (Wildman–Crippen MR) is 56.6 cm³/mol. The second-order valence-electron chi connectivity index (χ2n) is 2.87. The molecule has 3 nitrogen and oxygen atoms in total. The molecule has 0 aliphatic rings. The van der Waals surface area contributed by atoms with Crippen LogP contribution in [0.25, 0.3) is 10.6 Å². The number of methoxy groups -OCH3 is 1. The lowest BCUT2D eigenvalue weighted by Gasteiger charge is -1.98. The molecule has 0 aliphatic heterocycles. The first-order valence-electron chi connectivity index (χ1n) is 4.22. The Hall–Kier alpha value is -1.42. The standard InChI is InChI=1S/C10H10N2OS/c1-7-5-12-10(14-7)8-3-4-9(13-2)11-6-8/h3-6H,1-2H3. The van der Waals surface area contributed by atoms with E-state index in [9.17, 15) is 0 Å². The first kappa shape index (κ1) is 9.15. The van der Waals surface area contributed by atoms with E-state index in [1.54, 1.807) is 24.6 Å². The summed E-state index contributed by atoms with van der Waals surface area (Å²) in [7, 11) is 1.61. The van der Waals surface area contributed by atoms with Gasteiger partial charge in [-0.25, -0.2) is 9.97 Å². The molecule has 2 heterocycles. The van der Waals surface area contributed by atoms with Crippen LogP contribution in [-0.4, -0.2) is 17.1 Å². The van der Waals surface area contributed by atoms with Crippen molar-refractivity contribution in [2.75, 3.05) is 7.11 Å². The Morgan fingerprint density at radius 1 is 1.21 bits per heavy atom. The van der Waals surface area contributed by atoms with Crippen molar-refractivity contribution in [3.8, 4) is 16.5 Å². The van der Waals surface area contributed by atoms with E-state index in [-0.39, 0.29) is 0 Å². The summed E-state index contributed by atoms with van der Waals surface area (Å²) >= 11 is 1.66. The van der Waals surface area contributed by atoms with Crippen molar-refractivity contribution in [1.82, 2.24) is 9.97 Å². The maximum absolute atomic E-state index is 4.98. The van der Waals surface area contributed by atoms with Crippen LogP contribution in [0.4, 0.5) is 0 Å². The molecule has 0 saturated heterocycles. The fourth-order valence-electron chi connectivity index (χ4n) is 1.12. The fraction of sp³-hybridized carbons (Fsp3) is 0.200. The molecule has 4 heteroatoms. The second kappa shape index (κ2) is 3.75. The summed E-state index contributed by atoms with van der Waals surface area (Å²) in [6, 6.07) is 3.80. The monoisotopic (exact) mass is 206 g/mol. The van der Waals surface area contributed by atoms with Crippen molar-refractivity contribution < 1.29 is 4.74 Å². The summed E-state index contributed by atoms with van der Waals surface area (Å²) in [5, 5.41) is 0.998. The lowest BCUT2D eigenvalue weighted by Crippen LogP contribution is -1.86. The van der Waals surface area contributed by atoms with Crippen LogP contribution in [0.1, 0.15) is 4.88 Å². The van der Waals surface area contributed by atoms with Gasteiger partial charge >= 0.3 is 0 Å². The highest BCUT2D eigenvalue weighted by molar-refractivity contribution is 7.14. The molecule has 0 spiro atoms. The largest absolute Gasteiger partial charge is 0.481 e. The summed E-state index contributed by atoms with van der Waals surface area (Å²) in [6.07, 6.45) is 3.64. The van der Waals surface area contributed by atoms with Crippen LogP contribution in [0.5, 0.6) is 5.88 Å². The van der Waals surface area contributed by atoms with Crippen molar-refractivity contribution in [1.29, 1.82) is 0 Å². The average molecular weight is 206 g/mol. The van der Waals surface area contributed by atoms with Gasteiger partial charge in [-0.05, 0) is 13.0 Å². The zero-order valence-corrected chi connectivity index (χ0v) is 8.84. The van der Waals surface area contributed by atoms with Crippen LogP contribution in [0.15, 0.2) is 24.5 Å². The van der Waals surface area contributed by atoms with Gasteiger partial charge in [0.25, 0.3) is 0 Å². The van der Waals surface area contributed by atoms with Gasteiger partial charge < -0.3 is 4.74 Å². The normalized spacial score (nSPS) is 10.1. The molecule has 0 amide bonds. The number of aromatic nitrogens is 2. The Kier molecular flexibility index (Phi) is 2.45. The molecule has 0 fully saturated rings. The first-order valence-corrected chi connectivity index (χ1v) is 5.04. The molecule has 0 bridgehead atoms. The van der Waals surface area contributed by atoms with Crippen LogP contribution in [0, 0.1) is 6.92 Å². The van der Waals surface area contributed by atoms with E-state index >= 15 is 0 Å². The minimum absolute atomic E-state index is 0.627. The number of pyridine rings is 1. The molecule has 72 valence electrons. The number of aryl methyl sites for hydroxylation is 1. The van der Waals surface area contributed by atoms with E-state index in [0.29, 0.717) is 5.88 Å². The lowest BCUT2D eigenvalue weighted by atomic mass is 10.3. The summed E-state index contributed by atoms with van der Waals surface area (Å²) < 4.78 is 4.98. The van der Waals surface area contributed by atoms with E-state index in [0.717, 1.165) is 10.6 Å². The molecule has 0 atom stereocenters. The van der Waals surface area contributed by atoms with Crippen LogP contribution < -0.4 is 4.74 Å². The Balaban J connectivity index is 2.33. The predicted octanol–water partition coefficient (Wildman–Crippen LogP) is 2.52. The molecular weight excluding hydrogens is 196 g/mol. The zero-order chi connectivity index (χ0) is 9.97. The van der Waals surface area contributed by atoms with Gasteiger partial charge in [0.2, 0.25) is 5.88 Å². The minimum atomic E-state index is 0.627. The Morgan fingerprint density at radius 3 is 2.57 bits per heavy atom. The molecule has 0 aliphatic carbocycles. The smallest absolute Gasteiger partial charge is 0.212 e. The van der Waals surface area contributed by atoms with Crippen molar-refractivity contribution >= 4 is 11.3 Å². The SMILES string of the molecule is COc1ccc(-c2ncc(C)s2)cn1. The summed E-state index contributed by atoms with van der Waals surface area (Å²) in [5.74, 6) is 0.627. The molecular formula is C10H10N2OS. The lowest BCUT2D eigenvalue weighted by molar-refractivity contribution is 0.398. The highest BCUT2D eigenvalue weighted by Gasteiger charge is 2.02. The van der Waals surface area contributed by atoms with Gasteiger partial charge in [-0.2, -0.15) is 0 Å². The summed E-state index contributed by atoms with van der Waals surface area (Å²) in [5.41, 5.74) is 1.03. The van der Waals surface area contributed by atoms with E-state index in [1.807, 2.05) is 25.3 Å². The molecule has 0 aromatic carbocycles. The number of rotatable bonds is 2. The van der Waals surface area contributed by atoms with E-state index in [2.05, 4.69) is 9.97 Å². The number of ether oxygens (including phenoxy) is 1. The van der Waals surface area contributed by atoms with E-state index < -0.39 is 0 Å². The Bertz CT molecular complexity index is 422. The van der Waals surface area contributed by atoms with Gasteiger partial charge in [-0.1, -0.05) is 0 Å². The second-order valence-corrected chi connectivity index (χ2v) is 4.10. The topological polar surface area (TPSA) is 35.0 Å². The first-order chi connectivity index (χ1) is 6.79. The van der Waals surface area contributed by atoms with Gasteiger partial charge in [-0.3, -0.25) is 0 Å². The van der Waals surface area contributed by atoms with Gasteiger partial charge in [0.15, 0.2) is 0 Å². The van der Waals surface area contributed by atoms with Gasteiger partial charge in [-0.15, -0.1) is 11.3 Å². The summed E-state index contributed by atoms with van der Waals surface area (Å²) in [6.45, 7) is 2.04. The van der Waals surface area contributed by atoms with Crippen LogP contribution in [0.2, 0.25) is 0 Å². The summed E-state index contributed by atoms with van der Waals surface area (Å²) in [4.78, 5) is 9.61. The van der Waals surface area contributed by atoms with Gasteiger partial charge in [0, 0.05) is 28.9 Å². The molecule has 0 unspecified atom stereocenters. The van der Waals surface area contributed by atoms with Crippen molar-refractivity contribution in [2.24, 2.45) is 0 Å². The third-order valence-electron chi connectivity index (χ3n) is 1.81. The highest BCUT2D eigenvalue weighted by atomic mass is 32.1. The van der Waals surface area contributed by atoms with E-state index in [4.69, 9.17) is 4.74 Å². The number of hydrogen-bond acceptors (Lipinski definition) is 4. The highest BCUT2D eigenvalue weighted by Crippen LogP contribution is 2.24.